The molecule has 4 aliphatic rings. The average Bonchev–Trinajstić information content (AvgIpc) is 3.59. The molecule has 2 saturated carbocycles. The van der Waals surface area contributed by atoms with E-state index in [1.807, 2.05) is 0 Å². The van der Waals surface area contributed by atoms with Crippen molar-refractivity contribution in [1.82, 2.24) is 5.32 Å². The summed E-state index contributed by atoms with van der Waals surface area (Å²) in [5.41, 5.74) is -0.920. The minimum atomic E-state index is -1.30. The smallest absolute Gasteiger partial charge is 0.407 e. The van der Waals surface area contributed by atoms with Gasteiger partial charge in [-0.25, -0.2) is 18.4 Å². The number of amides is 1. The summed E-state index contributed by atoms with van der Waals surface area (Å²) in [7, 11) is 0. The van der Waals surface area contributed by atoms with Crippen LogP contribution >= 0.6 is 0 Å². The molecule has 1 aromatic carbocycles. The van der Waals surface area contributed by atoms with Crippen LogP contribution in [-0.4, -0.2) is 47.9 Å². The lowest BCUT2D eigenvalue weighted by Gasteiger charge is -2.31. The molecular formula is C23H27F2N3O5. The number of hydrogen-bond acceptors (Lipinski definition) is 6. The zero-order valence-corrected chi connectivity index (χ0v) is 18.8. The highest BCUT2D eigenvalue weighted by molar-refractivity contribution is 5.88. The zero-order chi connectivity index (χ0) is 23.7. The zero-order valence-electron chi connectivity index (χ0n) is 18.8. The SMILES string of the molecule is CC(C)(C)OC(=O)NC1CC12CCN(c1c(F)cc3c(c1F)N(C1CC1)C=C(C(=O)O)O3)C2. The lowest BCUT2D eigenvalue weighted by atomic mass is 10.1. The van der Waals surface area contributed by atoms with Crippen LogP contribution in [0.25, 0.3) is 0 Å². The second-order valence-corrected chi connectivity index (χ2v) is 10.3. The first kappa shape index (κ1) is 21.8. The lowest BCUT2D eigenvalue weighted by Crippen LogP contribution is -2.36. The van der Waals surface area contributed by atoms with Crippen LogP contribution in [0.1, 0.15) is 46.5 Å². The Morgan fingerprint density at radius 1 is 1.27 bits per heavy atom. The number of carboxylic acid groups (broad SMARTS) is 1. The van der Waals surface area contributed by atoms with Crippen molar-refractivity contribution in [2.75, 3.05) is 22.9 Å². The Hall–Kier alpha value is -3.04. The van der Waals surface area contributed by atoms with Crippen molar-refractivity contribution in [2.24, 2.45) is 5.41 Å². The molecule has 1 spiro atoms. The van der Waals surface area contributed by atoms with E-state index in [2.05, 4.69) is 5.32 Å². The van der Waals surface area contributed by atoms with Crippen molar-refractivity contribution in [3.05, 3.63) is 29.7 Å². The fraction of sp³-hybridized carbons (Fsp3) is 0.565. The molecule has 1 amide bonds. The van der Waals surface area contributed by atoms with Crippen LogP contribution in [0.3, 0.4) is 0 Å². The van der Waals surface area contributed by atoms with E-state index in [1.165, 1.54) is 6.20 Å². The van der Waals surface area contributed by atoms with E-state index in [9.17, 15) is 14.7 Å². The van der Waals surface area contributed by atoms with Gasteiger partial charge in [0.25, 0.3) is 0 Å². The fourth-order valence-electron chi connectivity index (χ4n) is 4.80. The van der Waals surface area contributed by atoms with Gasteiger partial charge in [-0.15, -0.1) is 0 Å². The van der Waals surface area contributed by atoms with Crippen LogP contribution in [-0.2, 0) is 9.53 Å². The molecule has 0 radical (unpaired) electrons. The van der Waals surface area contributed by atoms with Crippen molar-refractivity contribution >= 4 is 23.4 Å². The Morgan fingerprint density at radius 2 is 2.00 bits per heavy atom. The molecule has 178 valence electrons. The maximum atomic E-state index is 15.7. The highest BCUT2D eigenvalue weighted by Gasteiger charge is 2.59. The maximum absolute atomic E-state index is 15.7. The summed E-state index contributed by atoms with van der Waals surface area (Å²) < 4.78 is 41.4. The molecule has 10 heteroatoms. The fourth-order valence-corrected chi connectivity index (χ4v) is 4.80. The topological polar surface area (TPSA) is 91.3 Å². The number of alkyl carbamates (subject to hydrolysis) is 1. The van der Waals surface area contributed by atoms with Crippen LogP contribution in [0.4, 0.5) is 25.0 Å². The van der Waals surface area contributed by atoms with Crippen LogP contribution in [0.5, 0.6) is 5.75 Å². The molecule has 8 nitrogen and oxygen atoms in total. The van der Waals surface area contributed by atoms with Gasteiger partial charge in [-0.05, 0) is 46.5 Å². The number of carbonyl (C=O) groups excluding carboxylic acids is 1. The van der Waals surface area contributed by atoms with Gasteiger partial charge in [0.1, 0.15) is 17.0 Å². The highest BCUT2D eigenvalue weighted by atomic mass is 19.1. The number of carbonyl (C=O) groups is 2. The summed E-state index contributed by atoms with van der Waals surface area (Å²) >= 11 is 0. The van der Waals surface area contributed by atoms with Crippen molar-refractivity contribution in [3.8, 4) is 5.75 Å². The second kappa shape index (κ2) is 7.23. The van der Waals surface area contributed by atoms with Gasteiger partial charge in [0.05, 0.1) is 6.20 Å². The predicted octanol–water partition coefficient (Wildman–Crippen LogP) is 3.75. The number of halogens is 2. The molecule has 1 saturated heterocycles. The quantitative estimate of drug-likeness (QED) is 0.703. The summed E-state index contributed by atoms with van der Waals surface area (Å²) in [5, 5.41) is 12.2. The van der Waals surface area contributed by atoms with E-state index in [0.29, 0.717) is 19.5 Å². The third kappa shape index (κ3) is 3.95. The molecular weight excluding hydrogens is 436 g/mol. The van der Waals surface area contributed by atoms with Crippen LogP contribution in [0, 0.1) is 17.0 Å². The molecule has 5 rings (SSSR count). The largest absolute Gasteiger partial charge is 0.475 e. The Labute approximate surface area is 190 Å². The van der Waals surface area contributed by atoms with Gasteiger partial charge < -0.3 is 29.7 Å². The summed E-state index contributed by atoms with van der Waals surface area (Å²) in [6, 6.07) is 0.923. The normalized spacial score (nSPS) is 26.0. The molecule has 0 aromatic heterocycles. The van der Waals surface area contributed by atoms with Crippen molar-refractivity contribution in [3.63, 3.8) is 0 Å². The van der Waals surface area contributed by atoms with Gasteiger partial charge in [0.15, 0.2) is 17.4 Å². The first-order valence-corrected chi connectivity index (χ1v) is 11.2. The molecule has 2 unspecified atom stereocenters. The maximum Gasteiger partial charge on any atom is 0.407 e. The number of hydrogen-bond donors (Lipinski definition) is 2. The molecule has 33 heavy (non-hydrogen) atoms. The molecule has 2 atom stereocenters. The second-order valence-electron chi connectivity index (χ2n) is 10.3. The number of fused-ring (bicyclic) bond motifs is 1. The molecule has 2 aliphatic heterocycles. The summed E-state index contributed by atoms with van der Waals surface area (Å²) in [5.74, 6) is -3.36. The van der Waals surface area contributed by atoms with Crippen LogP contribution < -0.4 is 19.9 Å². The van der Waals surface area contributed by atoms with Crippen molar-refractivity contribution in [1.29, 1.82) is 0 Å². The number of carboxylic acids is 1. The third-order valence-corrected chi connectivity index (χ3v) is 6.60. The first-order chi connectivity index (χ1) is 15.5. The van der Waals surface area contributed by atoms with E-state index in [4.69, 9.17) is 9.47 Å². The molecule has 2 N–H and O–H groups in total. The highest BCUT2D eigenvalue weighted by Crippen LogP contribution is 2.55. The molecule has 1 aromatic rings. The van der Waals surface area contributed by atoms with E-state index in [1.54, 1.807) is 30.6 Å². The summed E-state index contributed by atoms with van der Waals surface area (Å²) in [4.78, 5) is 26.7. The minimum absolute atomic E-state index is 0.0365. The summed E-state index contributed by atoms with van der Waals surface area (Å²) in [6.07, 6.45) is 3.78. The Bertz CT molecular complexity index is 1070. The van der Waals surface area contributed by atoms with Crippen molar-refractivity contribution < 1.29 is 33.0 Å². The number of anilines is 2. The summed E-state index contributed by atoms with van der Waals surface area (Å²) in [6.45, 7) is 6.21. The van der Waals surface area contributed by atoms with Gasteiger partial charge in [-0.2, -0.15) is 0 Å². The van der Waals surface area contributed by atoms with Crippen LogP contribution in [0.15, 0.2) is 18.0 Å². The first-order valence-electron chi connectivity index (χ1n) is 11.2. The number of rotatable bonds is 4. The molecule has 2 heterocycles. The van der Waals surface area contributed by atoms with Gasteiger partial charge in [0, 0.05) is 36.7 Å². The standard InChI is InChI=1S/C23H27F2N3O5/c1-22(2,3)33-21(31)26-16-9-23(16)6-7-27(11-23)18-13(24)8-14-19(17(18)25)28(12-4-5-12)10-15(32-14)20(29)30/h8,10,12,16H,4-7,9,11H2,1-3H3,(H,26,31)(H,29,30). The Balaban J connectivity index is 1.37. The molecule has 2 aliphatic carbocycles. The monoisotopic (exact) mass is 463 g/mol. The van der Waals surface area contributed by atoms with Gasteiger partial charge in [-0.1, -0.05) is 0 Å². The number of nitrogens with zero attached hydrogens (tertiary/aromatic N) is 2. The van der Waals surface area contributed by atoms with E-state index in [-0.39, 0.29) is 40.4 Å². The average molecular weight is 463 g/mol. The number of ether oxygens (including phenoxy) is 2. The van der Waals surface area contributed by atoms with E-state index in [0.717, 1.165) is 25.3 Å². The van der Waals surface area contributed by atoms with Crippen molar-refractivity contribution in [2.45, 2.75) is 64.1 Å². The molecule has 0 bridgehead atoms. The van der Waals surface area contributed by atoms with Gasteiger partial charge >= 0.3 is 12.1 Å². The molecule has 3 fully saturated rings. The van der Waals surface area contributed by atoms with Gasteiger partial charge in [-0.3, -0.25) is 0 Å². The van der Waals surface area contributed by atoms with Gasteiger partial charge in [0.2, 0.25) is 5.76 Å². The number of nitrogens with one attached hydrogen (secondary N) is 1. The van der Waals surface area contributed by atoms with E-state index < -0.39 is 29.3 Å². The minimum Gasteiger partial charge on any atom is -0.475 e. The Morgan fingerprint density at radius 3 is 2.64 bits per heavy atom. The lowest BCUT2D eigenvalue weighted by molar-refractivity contribution is -0.135. The number of aliphatic carboxylic acids is 1. The van der Waals surface area contributed by atoms with Crippen LogP contribution in [0.2, 0.25) is 0 Å². The Kier molecular flexibility index (Phi) is 4.77. The third-order valence-electron chi connectivity index (χ3n) is 6.60. The van der Waals surface area contributed by atoms with E-state index >= 15 is 8.78 Å². The predicted molar refractivity (Wildman–Crippen MR) is 115 cm³/mol. The number of benzene rings is 1.